The van der Waals surface area contributed by atoms with Crippen LogP contribution in [0.25, 0.3) is 0 Å². The Labute approximate surface area is 461 Å². The van der Waals surface area contributed by atoms with Crippen LogP contribution in [0.15, 0.2) is 12.2 Å². The number of phosphoric ester groups is 1. The van der Waals surface area contributed by atoms with E-state index in [1.54, 1.807) is 0 Å². The van der Waals surface area contributed by atoms with Crippen molar-refractivity contribution in [3.8, 4) is 0 Å². The van der Waals surface area contributed by atoms with Crippen LogP contribution in [0.2, 0.25) is 0 Å². The molecule has 0 radical (unpaired) electrons. The summed E-state index contributed by atoms with van der Waals surface area (Å²) < 4.78 is 30.7. The number of likely N-dealkylation sites (N-methyl/N-ethyl adjacent to an activating group) is 1. The van der Waals surface area contributed by atoms with Gasteiger partial charge in [-0.3, -0.25) is 18.6 Å². The highest BCUT2D eigenvalue weighted by atomic mass is 31.2. The van der Waals surface area contributed by atoms with Crippen molar-refractivity contribution in [1.82, 2.24) is 5.32 Å². The zero-order valence-electron chi connectivity index (χ0n) is 50.4. The molecular weight excluding hydrogens is 940 g/mol. The number of carbonyl (C=O) groups is 2. The number of nitrogens with zero attached hydrogens (tertiary/aromatic N) is 1. The Morgan fingerprint density at radius 1 is 0.459 bits per heavy atom. The first-order valence-electron chi connectivity index (χ1n) is 32.5. The summed E-state index contributed by atoms with van der Waals surface area (Å²) in [4.78, 5) is 37.6. The van der Waals surface area contributed by atoms with E-state index in [-0.39, 0.29) is 25.1 Å². The van der Waals surface area contributed by atoms with Gasteiger partial charge in [0.25, 0.3) is 0 Å². The van der Waals surface area contributed by atoms with E-state index in [1.807, 2.05) is 33.3 Å². The summed E-state index contributed by atoms with van der Waals surface area (Å²) >= 11 is 0. The molecule has 0 aliphatic rings. The number of hydrogen-bond donors (Lipinski definition) is 2. The summed E-state index contributed by atoms with van der Waals surface area (Å²) in [5.74, 6) is -0.485. The van der Waals surface area contributed by atoms with Crippen LogP contribution in [0.5, 0.6) is 0 Å². The third-order valence-electron chi connectivity index (χ3n) is 15.0. The molecule has 2 N–H and O–H groups in total. The van der Waals surface area contributed by atoms with Gasteiger partial charge in [0.15, 0.2) is 0 Å². The molecule has 0 fully saturated rings. The summed E-state index contributed by atoms with van der Waals surface area (Å²) in [7, 11) is 1.52. The number of phosphoric acid groups is 1. The van der Waals surface area contributed by atoms with E-state index in [9.17, 15) is 19.0 Å². The van der Waals surface area contributed by atoms with E-state index >= 15 is 0 Å². The lowest BCUT2D eigenvalue weighted by Crippen LogP contribution is -2.47. The van der Waals surface area contributed by atoms with Gasteiger partial charge in [0.1, 0.15) is 19.3 Å². The molecular formula is C64H128N2O7P+. The third-order valence-corrected chi connectivity index (χ3v) is 16.0. The van der Waals surface area contributed by atoms with Crippen LogP contribution >= 0.6 is 7.82 Å². The van der Waals surface area contributed by atoms with Crippen LogP contribution < -0.4 is 5.32 Å². The standard InChI is InChI=1S/C64H127N2O7P/c1-7-10-13-16-19-22-25-27-28-29-30-31-32-33-34-35-36-37-38-39-42-45-48-51-54-57-64(68)73-62(55-52-49-46-43-41-26-23-20-17-14-11-8-2)61(60-72-74(69,70)71-59-58-66(4,5)6)65-63(67)56-53-50-47-44-40-24-21-18-15-12-9-3/h52,55,61-62H,7-51,53-54,56-60H2,1-6H3,(H-,65,67,69,70)/p+1/b55-52-. The molecule has 0 aromatic carbocycles. The highest BCUT2D eigenvalue weighted by Crippen LogP contribution is 2.43. The SMILES string of the molecule is CCCCCCCCCCCC/C=C\C(OC(=O)CCCCCCCCCCCCCCCCCCCCCCCCCCC)C(COP(=O)(O)OCC[N+](C)(C)C)NC(=O)CCCCCCCCCCCCC. The van der Waals surface area contributed by atoms with Crippen molar-refractivity contribution in [1.29, 1.82) is 0 Å². The Morgan fingerprint density at radius 3 is 1.11 bits per heavy atom. The fourth-order valence-corrected chi connectivity index (χ4v) is 10.7. The number of unbranched alkanes of at least 4 members (excludes halogenated alkanes) is 44. The van der Waals surface area contributed by atoms with E-state index in [0.717, 1.165) is 57.8 Å². The third kappa shape index (κ3) is 55.5. The highest BCUT2D eigenvalue weighted by molar-refractivity contribution is 7.47. The van der Waals surface area contributed by atoms with Gasteiger partial charge < -0.3 is 19.4 Å². The van der Waals surface area contributed by atoms with Crippen molar-refractivity contribution in [2.75, 3.05) is 40.9 Å². The van der Waals surface area contributed by atoms with Crippen LogP contribution in [-0.4, -0.2) is 74.3 Å². The van der Waals surface area contributed by atoms with E-state index in [2.05, 4.69) is 26.1 Å². The topological polar surface area (TPSA) is 111 Å². The number of ether oxygens (including phenoxy) is 1. The quantitative estimate of drug-likeness (QED) is 0.0205. The largest absolute Gasteiger partial charge is 0.472 e. The van der Waals surface area contributed by atoms with E-state index < -0.39 is 20.0 Å². The maximum absolute atomic E-state index is 13.5. The number of hydrogen-bond acceptors (Lipinski definition) is 6. The molecule has 0 aliphatic carbocycles. The van der Waals surface area contributed by atoms with Crippen LogP contribution in [0.3, 0.4) is 0 Å². The van der Waals surface area contributed by atoms with Gasteiger partial charge >= 0.3 is 13.8 Å². The molecule has 0 heterocycles. The normalized spacial score (nSPS) is 13.7. The van der Waals surface area contributed by atoms with Crippen LogP contribution in [-0.2, 0) is 27.9 Å². The minimum absolute atomic E-state index is 0.0456. The fraction of sp³-hybridized carbons (Fsp3) is 0.938. The molecule has 0 aliphatic heterocycles. The van der Waals surface area contributed by atoms with Gasteiger partial charge in [-0.1, -0.05) is 303 Å². The number of carbonyl (C=O) groups excluding carboxylic acids is 2. The number of rotatable bonds is 60. The predicted molar refractivity (Wildman–Crippen MR) is 319 cm³/mol. The summed E-state index contributed by atoms with van der Waals surface area (Å²) in [6, 6.07) is -0.838. The molecule has 0 bridgehead atoms. The predicted octanol–water partition coefficient (Wildman–Crippen LogP) is 20.0. The van der Waals surface area contributed by atoms with Gasteiger partial charge in [-0.25, -0.2) is 4.57 Å². The maximum Gasteiger partial charge on any atom is 0.472 e. The first-order chi connectivity index (χ1) is 35.9. The monoisotopic (exact) mass is 1070 g/mol. The number of amides is 1. The highest BCUT2D eigenvalue weighted by Gasteiger charge is 2.30. The molecule has 9 nitrogen and oxygen atoms in total. The molecule has 74 heavy (non-hydrogen) atoms. The smallest absolute Gasteiger partial charge is 0.456 e. The van der Waals surface area contributed by atoms with E-state index in [0.29, 0.717) is 23.9 Å². The van der Waals surface area contributed by atoms with E-state index in [1.165, 1.54) is 244 Å². The zero-order valence-corrected chi connectivity index (χ0v) is 51.3. The van der Waals surface area contributed by atoms with E-state index in [4.69, 9.17) is 13.8 Å². The molecule has 440 valence electrons. The first-order valence-corrected chi connectivity index (χ1v) is 34.0. The van der Waals surface area contributed by atoms with Crippen LogP contribution in [0.4, 0.5) is 0 Å². The van der Waals surface area contributed by atoms with Crippen molar-refractivity contribution in [2.24, 2.45) is 0 Å². The van der Waals surface area contributed by atoms with Crippen LogP contribution in [0, 0.1) is 0 Å². The fourth-order valence-electron chi connectivity index (χ4n) is 9.94. The van der Waals surface area contributed by atoms with Gasteiger partial charge in [-0.15, -0.1) is 0 Å². The van der Waals surface area contributed by atoms with Gasteiger partial charge in [0.2, 0.25) is 5.91 Å². The Bertz CT molecular complexity index is 1270. The lowest BCUT2D eigenvalue weighted by molar-refractivity contribution is -0.870. The van der Waals surface area contributed by atoms with Crippen LogP contribution in [0.1, 0.15) is 335 Å². The number of esters is 1. The van der Waals surface area contributed by atoms with Gasteiger partial charge in [0.05, 0.1) is 33.8 Å². The second-order valence-electron chi connectivity index (χ2n) is 23.7. The molecule has 10 heteroatoms. The van der Waals surface area contributed by atoms with Crippen molar-refractivity contribution >= 4 is 19.7 Å². The maximum atomic E-state index is 13.5. The molecule has 0 spiro atoms. The summed E-state index contributed by atoms with van der Waals surface area (Å²) in [6.45, 7) is 7.06. The molecule has 0 saturated heterocycles. The van der Waals surface area contributed by atoms with Gasteiger partial charge in [-0.05, 0) is 31.8 Å². The first kappa shape index (κ1) is 72.8. The summed E-state index contributed by atoms with van der Waals surface area (Å²) in [5.41, 5.74) is 0. The van der Waals surface area contributed by atoms with Crippen molar-refractivity contribution in [2.45, 2.75) is 348 Å². The molecule has 0 saturated carbocycles. The second kappa shape index (κ2) is 55.1. The molecule has 0 aromatic rings. The number of nitrogens with one attached hydrogen (secondary N) is 1. The van der Waals surface area contributed by atoms with Crippen molar-refractivity contribution < 1.29 is 37.3 Å². The molecule has 0 rings (SSSR count). The lowest BCUT2D eigenvalue weighted by atomic mass is 10.0. The lowest BCUT2D eigenvalue weighted by Gasteiger charge is -2.27. The average Bonchev–Trinajstić information content (AvgIpc) is 3.36. The Hall–Kier alpha value is -1.25. The Balaban J connectivity index is 4.98. The van der Waals surface area contributed by atoms with Gasteiger partial charge in [0, 0.05) is 12.8 Å². The minimum atomic E-state index is -4.44. The Morgan fingerprint density at radius 2 is 0.770 bits per heavy atom. The number of allylic oxidation sites excluding steroid dienone is 1. The summed E-state index contributed by atoms with van der Waals surface area (Å²) in [6.07, 6.45) is 63.7. The molecule has 1 amide bonds. The molecule has 3 unspecified atom stereocenters. The van der Waals surface area contributed by atoms with Crippen molar-refractivity contribution in [3.63, 3.8) is 0 Å². The zero-order chi connectivity index (χ0) is 54.3. The summed E-state index contributed by atoms with van der Waals surface area (Å²) in [5, 5.41) is 3.06. The second-order valence-corrected chi connectivity index (χ2v) is 25.1. The van der Waals surface area contributed by atoms with Gasteiger partial charge in [-0.2, -0.15) is 0 Å². The average molecular weight is 1070 g/mol. The number of quaternary nitrogens is 1. The van der Waals surface area contributed by atoms with Crippen molar-refractivity contribution in [3.05, 3.63) is 12.2 Å². The minimum Gasteiger partial charge on any atom is -0.456 e. The Kier molecular flexibility index (Phi) is 54.1. The molecule has 3 atom stereocenters. The molecule has 0 aromatic heterocycles.